The van der Waals surface area contributed by atoms with Crippen molar-refractivity contribution < 1.29 is 4.74 Å². The Morgan fingerprint density at radius 3 is 1.55 bits per heavy atom. The monoisotopic (exact) mass is 761 g/mol. The number of hydrogen-bond acceptors (Lipinski definition) is 1. The SMILES string of the molecule is C=CCOc1c(CCCCC)cc(CCCCC)cc1[Si](C)(C)C1c2cc(-c3cccc(CCCC)c3)ccc2-c2ccc(-c3cccc(CCCC)c3)cc21. The molecule has 0 N–H and O–H groups in total. The van der Waals surface area contributed by atoms with Crippen molar-refractivity contribution in [3.63, 3.8) is 0 Å². The fraction of sp³-hybridized carbons (Fsp3) is 0.407. The van der Waals surface area contributed by atoms with Crippen molar-refractivity contribution in [2.24, 2.45) is 0 Å². The molecule has 0 bridgehead atoms. The molecule has 2 heteroatoms. The highest BCUT2D eigenvalue weighted by Gasteiger charge is 2.44. The molecule has 56 heavy (non-hydrogen) atoms. The first kappa shape index (κ1) is 41.5. The zero-order valence-electron chi connectivity index (χ0n) is 35.6. The minimum atomic E-state index is -2.37. The highest BCUT2D eigenvalue weighted by atomic mass is 28.3. The van der Waals surface area contributed by atoms with E-state index < -0.39 is 8.07 Å². The Hall–Kier alpha value is -4.14. The van der Waals surface area contributed by atoms with Gasteiger partial charge in [-0.25, -0.2) is 0 Å². The van der Waals surface area contributed by atoms with Crippen LogP contribution in [0.1, 0.15) is 131 Å². The number of unbranched alkanes of at least 4 members (excludes halogenated alkanes) is 6. The second kappa shape index (κ2) is 19.8. The summed E-state index contributed by atoms with van der Waals surface area (Å²) >= 11 is 0. The average Bonchev–Trinajstić information content (AvgIpc) is 3.55. The molecule has 0 spiro atoms. The van der Waals surface area contributed by atoms with Gasteiger partial charge in [0.2, 0.25) is 0 Å². The molecule has 0 aromatic heterocycles. The van der Waals surface area contributed by atoms with Gasteiger partial charge in [-0.15, -0.1) is 0 Å². The van der Waals surface area contributed by atoms with Gasteiger partial charge in [-0.2, -0.15) is 0 Å². The van der Waals surface area contributed by atoms with E-state index in [0.717, 1.165) is 31.4 Å². The molecule has 1 nitrogen and oxygen atoms in total. The summed E-state index contributed by atoms with van der Waals surface area (Å²) in [5.74, 6) is 1.14. The molecule has 1 aliphatic carbocycles. The van der Waals surface area contributed by atoms with Gasteiger partial charge >= 0.3 is 0 Å². The van der Waals surface area contributed by atoms with Crippen LogP contribution in [0.25, 0.3) is 33.4 Å². The van der Waals surface area contributed by atoms with Crippen molar-refractivity contribution >= 4 is 13.3 Å². The molecule has 5 aromatic rings. The van der Waals surface area contributed by atoms with Gasteiger partial charge in [-0.3, -0.25) is 0 Å². The molecule has 0 atom stereocenters. The van der Waals surface area contributed by atoms with E-state index in [1.807, 2.05) is 6.08 Å². The molecule has 0 radical (unpaired) electrons. The summed E-state index contributed by atoms with van der Waals surface area (Å²) in [6, 6.07) is 38.4. The van der Waals surface area contributed by atoms with Crippen LogP contribution in [0.2, 0.25) is 13.1 Å². The van der Waals surface area contributed by atoms with Gasteiger partial charge in [0, 0.05) is 5.54 Å². The molecule has 0 aliphatic heterocycles. The first-order chi connectivity index (χ1) is 27.3. The van der Waals surface area contributed by atoms with Gasteiger partial charge in [0.05, 0.1) is 8.07 Å². The van der Waals surface area contributed by atoms with Crippen molar-refractivity contribution in [2.45, 2.75) is 136 Å². The first-order valence-corrected chi connectivity index (χ1v) is 25.3. The van der Waals surface area contributed by atoms with E-state index in [0.29, 0.717) is 6.61 Å². The van der Waals surface area contributed by atoms with Crippen LogP contribution in [0, 0.1) is 0 Å². The third-order valence-corrected chi connectivity index (χ3v) is 16.1. The predicted octanol–water partition coefficient (Wildman–Crippen LogP) is 15.0. The zero-order chi connectivity index (χ0) is 39.5. The smallest absolute Gasteiger partial charge is 0.122 e. The Kier molecular flexibility index (Phi) is 14.7. The molecular weight excluding hydrogens is 693 g/mol. The van der Waals surface area contributed by atoms with E-state index >= 15 is 0 Å². The maximum Gasteiger partial charge on any atom is 0.122 e. The van der Waals surface area contributed by atoms with Gasteiger partial charge in [0.15, 0.2) is 0 Å². The maximum absolute atomic E-state index is 6.84. The predicted molar refractivity (Wildman–Crippen MR) is 248 cm³/mol. The molecule has 0 amide bonds. The van der Waals surface area contributed by atoms with Crippen LogP contribution in [0.4, 0.5) is 0 Å². The van der Waals surface area contributed by atoms with Gasteiger partial charge in [-0.05, 0) is 123 Å². The van der Waals surface area contributed by atoms with Gasteiger partial charge in [0.25, 0.3) is 0 Å². The van der Waals surface area contributed by atoms with Crippen LogP contribution >= 0.6 is 0 Å². The molecule has 6 rings (SSSR count). The molecule has 1 aliphatic rings. The lowest BCUT2D eigenvalue weighted by molar-refractivity contribution is 0.361. The molecule has 294 valence electrons. The Balaban J connectivity index is 1.55. The number of benzene rings is 5. The summed E-state index contributed by atoms with van der Waals surface area (Å²) in [5.41, 5.74) is 17.1. The number of aryl methyl sites for hydroxylation is 4. The average molecular weight is 761 g/mol. The Bertz CT molecular complexity index is 1970. The van der Waals surface area contributed by atoms with E-state index in [2.05, 4.69) is 144 Å². The lowest BCUT2D eigenvalue weighted by Gasteiger charge is -2.35. The highest BCUT2D eigenvalue weighted by Crippen LogP contribution is 2.51. The minimum absolute atomic E-state index is 0.277. The second-order valence-corrected chi connectivity index (χ2v) is 21.6. The maximum atomic E-state index is 6.84. The molecular formula is C54H68OSi. The third-order valence-electron chi connectivity index (χ3n) is 12.3. The standard InChI is InChI=1S/C54H68OSi/c1-8-13-17-23-42-36-47(26-18-14-9-2)53(55-33-12-5)52(37-42)56(6,7)54-50-38-45(43-27-19-24-40(34-43)21-15-10-3)29-31-48(50)49-32-30-46(39-51(49)54)44-28-20-25-41(35-44)22-16-11-4/h12,19-20,24-25,27-32,34-39,54H,5,8-11,13-18,21-23,26,33H2,1-4,6-7H3. The summed E-state index contributed by atoms with van der Waals surface area (Å²) in [4.78, 5) is 0. The number of rotatable bonds is 21. The van der Waals surface area contributed by atoms with Crippen molar-refractivity contribution in [2.75, 3.05) is 6.61 Å². The van der Waals surface area contributed by atoms with Gasteiger partial charge in [-0.1, -0.05) is 189 Å². The van der Waals surface area contributed by atoms with Crippen LogP contribution in [0.15, 0.2) is 110 Å². The largest absolute Gasteiger partial charge is 0.489 e. The zero-order valence-corrected chi connectivity index (χ0v) is 36.6. The fourth-order valence-corrected chi connectivity index (χ4v) is 12.9. The van der Waals surface area contributed by atoms with E-state index in [1.54, 1.807) is 0 Å². The van der Waals surface area contributed by atoms with Gasteiger partial charge < -0.3 is 4.74 Å². The van der Waals surface area contributed by atoms with E-state index in [1.165, 1.54) is 136 Å². The molecule has 5 aromatic carbocycles. The van der Waals surface area contributed by atoms with Crippen molar-refractivity contribution in [1.82, 2.24) is 0 Å². The summed E-state index contributed by atoms with van der Waals surface area (Å²) in [7, 11) is -2.37. The van der Waals surface area contributed by atoms with E-state index in [-0.39, 0.29) is 5.54 Å². The fourth-order valence-electron chi connectivity index (χ4n) is 9.15. The topological polar surface area (TPSA) is 9.23 Å². The Morgan fingerprint density at radius 2 is 1.04 bits per heavy atom. The van der Waals surface area contributed by atoms with Crippen molar-refractivity contribution in [3.05, 3.63) is 143 Å². The van der Waals surface area contributed by atoms with Crippen molar-refractivity contribution in [1.29, 1.82) is 0 Å². The molecule has 0 saturated heterocycles. The summed E-state index contributed by atoms with van der Waals surface area (Å²) < 4.78 is 6.84. The first-order valence-electron chi connectivity index (χ1n) is 22.2. The van der Waals surface area contributed by atoms with Crippen LogP contribution in [-0.4, -0.2) is 14.7 Å². The molecule has 0 fully saturated rings. The van der Waals surface area contributed by atoms with Crippen LogP contribution in [0.5, 0.6) is 5.75 Å². The van der Waals surface area contributed by atoms with Crippen LogP contribution < -0.4 is 9.92 Å². The van der Waals surface area contributed by atoms with E-state index in [4.69, 9.17) is 4.74 Å². The Labute approximate surface area is 341 Å². The lowest BCUT2D eigenvalue weighted by atomic mass is 9.96. The molecule has 0 unspecified atom stereocenters. The number of fused-ring (bicyclic) bond motifs is 3. The molecule has 0 heterocycles. The quantitative estimate of drug-likeness (QED) is 0.0411. The summed E-state index contributed by atoms with van der Waals surface area (Å²) in [5, 5.41) is 1.47. The van der Waals surface area contributed by atoms with Crippen LogP contribution in [-0.2, 0) is 25.7 Å². The molecule has 0 saturated carbocycles. The minimum Gasteiger partial charge on any atom is -0.489 e. The number of ether oxygens (including phenoxy) is 1. The summed E-state index contributed by atoms with van der Waals surface area (Å²) in [6.45, 7) is 19.1. The highest BCUT2D eigenvalue weighted by molar-refractivity contribution is 6.92. The lowest BCUT2D eigenvalue weighted by Crippen LogP contribution is -2.49. The Morgan fingerprint density at radius 1 is 0.536 bits per heavy atom. The van der Waals surface area contributed by atoms with E-state index in [9.17, 15) is 0 Å². The van der Waals surface area contributed by atoms with Crippen molar-refractivity contribution in [3.8, 4) is 39.1 Å². The second-order valence-electron chi connectivity index (χ2n) is 17.0. The van der Waals surface area contributed by atoms with Gasteiger partial charge in [0.1, 0.15) is 12.4 Å². The normalized spacial score (nSPS) is 12.5. The number of hydrogen-bond donors (Lipinski definition) is 0. The third kappa shape index (κ3) is 9.51. The summed E-state index contributed by atoms with van der Waals surface area (Å²) in [6.07, 6.45) is 18.6. The van der Waals surface area contributed by atoms with Crippen LogP contribution in [0.3, 0.4) is 0 Å².